The molecule has 0 atom stereocenters. The number of amides is 2. The van der Waals surface area contributed by atoms with Gasteiger partial charge in [-0.25, -0.2) is 4.79 Å². The number of carbonyl (C=O) groups excluding carboxylic acids is 3. The van der Waals surface area contributed by atoms with E-state index in [4.69, 9.17) is 26.5 Å². The molecule has 0 aliphatic heterocycles. The summed E-state index contributed by atoms with van der Waals surface area (Å²) in [5.74, 6) is -1.83. The summed E-state index contributed by atoms with van der Waals surface area (Å²) in [4.78, 5) is 35.2. The number of halogens is 1. The molecule has 0 unspecified atom stereocenters. The van der Waals surface area contributed by atoms with Crippen LogP contribution in [0.5, 0.6) is 0 Å². The van der Waals surface area contributed by atoms with Crippen LogP contribution in [-0.2, 0) is 9.53 Å². The third-order valence-electron chi connectivity index (χ3n) is 3.87. The number of benzene rings is 2. The molecule has 0 radical (unpaired) electrons. The van der Waals surface area contributed by atoms with Crippen molar-refractivity contribution in [1.29, 1.82) is 0 Å². The Hall–Kier alpha value is -3.32. The number of nitrogens with one attached hydrogen (secondary N) is 1. The standard InChI is InChI=1S/C19H15ClN2O5/c1-10-14-8-12(20)4-7-15(14)27-17(10)19(25)26-9-16(23)22-13-5-2-11(3-6-13)18(21)24/h2-8H,9H2,1H3,(H2,21,24)(H,22,23). The molecular formula is C19H15ClN2O5. The molecular weight excluding hydrogens is 372 g/mol. The van der Waals surface area contributed by atoms with Crippen molar-refractivity contribution in [2.24, 2.45) is 5.73 Å². The Morgan fingerprint density at radius 3 is 2.52 bits per heavy atom. The molecule has 0 spiro atoms. The smallest absolute Gasteiger partial charge is 0.375 e. The maximum Gasteiger partial charge on any atom is 0.375 e. The number of aryl methyl sites for hydroxylation is 1. The minimum Gasteiger partial charge on any atom is -0.450 e. The van der Waals surface area contributed by atoms with Crippen molar-refractivity contribution in [1.82, 2.24) is 0 Å². The molecule has 0 aliphatic carbocycles. The van der Waals surface area contributed by atoms with Crippen LogP contribution in [-0.4, -0.2) is 24.4 Å². The fourth-order valence-electron chi connectivity index (χ4n) is 2.50. The first-order chi connectivity index (χ1) is 12.8. The van der Waals surface area contributed by atoms with Crippen LogP contribution in [0.2, 0.25) is 5.02 Å². The van der Waals surface area contributed by atoms with Gasteiger partial charge in [-0.3, -0.25) is 9.59 Å². The van der Waals surface area contributed by atoms with Gasteiger partial charge in [-0.1, -0.05) is 11.6 Å². The van der Waals surface area contributed by atoms with E-state index in [1.165, 1.54) is 24.3 Å². The van der Waals surface area contributed by atoms with Gasteiger partial charge in [-0.15, -0.1) is 0 Å². The number of nitrogens with two attached hydrogens (primary N) is 1. The molecule has 3 N–H and O–H groups in total. The number of anilines is 1. The van der Waals surface area contributed by atoms with Gasteiger partial charge in [0.15, 0.2) is 6.61 Å². The molecule has 3 aromatic rings. The van der Waals surface area contributed by atoms with E-state index >= 15 is 0 Å². The molecule has 0 bridgehead atoms. The van der Waals surface area contributed by atoms with Gasteiger partial charge in [0.2, 0.25) is 11.7 Å². The van der Waals surface area contributed by atoms with Gasteiger partial charge in [0.05, 0.1) is 0 Å². The highest BCUT2D eigenvalue weighted by atomic mass is 35.5. The summed E-state index contributed by atoms with van der Waals surface area (Å²) in [5.41, 5.74) is 7.00. The first-order valence-corrected chi connectivity index (χ1v) is 8.28. The third-order valence-corrected chi connectivity index (χ3v) is 4.11. The highest BCUT2D eigenvalue weighted by Gasteiger charge is 2.20. The fraction of sp³-hybridized carbons (Fsp3) is 0.105. The zero-order valence-corrected chi connectivity index (χ0v) is 15.0. The maximum absolute atomic E-state index is 12.2. The lowest BCUT2D eigenvalue weighted by Crippen LogP contribution is -2.21. The van der Waals surface area contributed by atoms with Crippen LogP contribution in [0.4, 0.5) is 5.69 Å². The molecule has 8 heteroatoms. The zero-order valence-electron chi connectivity index (χ0n) is 14.2. The first kappa shape index (κ1) is 18.5. The second-order valence-corrected chi connectivity index (χ2v) is 6.20. The second kappa shape index (κ2) is 7.51. The van der Waals surface area contributed by atoms with Crippen molar-refractivity contribution >= 4 is 46.0 Å². The summed E-state index contributed by atoms with van der Waals surface area (Å²) in [5, 5.41) is 3.77. The third kappa shape index (κ3) is 4.09. The molecule has 0 fully saturated rings. The van der Waals surface area contributed by atoms with E-state index in [9.17, 15) is 14.4 Å². The van der Waals surface area contributed by atoms with E-state index in [0.717, 1.165) is 0 Å². The highest BCUT2D eigenvalue weighted by Crippen LogP contribution is 2.28. The number of primary amides is 1. The summed E-state index contributed by atoms with van der Waals surface area (Å²) in [6, 6.07) is 11.0. The molecule has 0 saturated heterocycles. The van der Waals surface area contributed by atoms with Gasteiger partial charge in [0.1, 0.15) is 5.58 Å². The molecule has 2 aromatic carbocycles. The van der Waals surface area contributed by atoms with E-state index in [1.807, 2.05) is 0 Å². The number of carbonyl (C=O) groups is 3. The number of hydrogen-bond donors (Lipinski definition) is 2. The summed E-state index contributed by atoms with van der Waals surface area (Å²) in [7, 11) is 0. The number of furan rings is 1. The van der Waals surface area contributed by atoms with Crippen molar-refractivity contribution in [3.63, 3.8) is 0 Å². The molecule has 1 aromatic heterocycles. The van der Waals surface area contributed by atoms with E-state index in [1.54, 1.807) is 25.1 Å². The number of rotatable bonds is 5. The summed E-state index contributed by atoms with van der Waals surface area (Å²) >= 11 is 5.95. The summed E-state index contributed by atoms with van der Waals surface area (Å²) in [6.45, 7) is 1.22. The van der Waals surface area contributed by atoms with Gasteiger partial charge < -0.3 is 20.2 Å². The van der Waals surface area contributed by atoms with Crippen molar-refractivity contribution in [3.05, 3.63) is 64.4 Å². The van der Waals surface area contributed by atoms with Crippen LogP contribution in [0, 0.1) is 6.92 Å². The predicted octanol–water partition coefficient (Wildman–Crippen LogP) is 3.29. The molecule has 0 saturated carbocycles. The summed E-state index contributed by atoms with van der Waals surface area (Å²) < 4.78 is 10.5. The van der Waals surface area contributed by atoms with Crippen molar-refractivity contribution in [2.45, 2.75) is 6.92 Å². The number of esters is 1. The Kier molecular flexibility index (Phi) is 5.14. The Labute approximate surface area is 159 Å². The normalized spacial score (nSPS) is 10.6. The Bertz CT molecular complexity index is 1040. The number of hydrogen-bond acceptors (Lipinski definition) is 5. The molecule has 1 heterocycles. The van der Waals surface area contributed by atoms with Crippen LogP contribution in [0.1, 0.15) is 26.5 Å². The van der Waals surface area contributed by atoms with E-state index in [0.29, 0.717) is 32.8 Å². The van der Waals surface area contributed by atoms with E-state index in [2.05, 4.69) is 5.32 Å². The van der Waals surface area contributed by atoms with E-state index in [-0.39, 0.29) is 5.76 Å². The topological polar surface area (TPSA) is 112 Å². The van der Waals surface area contributed by atoms with Crippen LogP contribution in [0.15, 0.2) is 46.9 Å². The molecule has 7 nitrogen and oxygen atoms in total. The predicted molar refractivity (Wildman–Crippen MR) is 99.8 cm³/mol. The largest absolute Gasteiger partial charge is 0.450 e. The minimum atomic E-state index is -0.751. The average Bonchev–Trinajstić information content (AvgIpc) is 2.96. The molecule has 138 valence electrons. The fourth-order valence-corrected chi connectivity index (χ4v) is 2.67. The van der Waals surface area contributed by atoms with Gasteiger partial charge >= 0.3 is 5.97 Å². The summed E-state index contributed by atoms with van der Waals surface area (Å²) in [6.07, 6.45) is 0. The molecule has 2 amide bonds. The monoisotopic (exact) mass is 386 g/mol. The lowest BCUT2D eigenvalue weighted by atomic mass is 10.1. The maximum atomic E-state index is 12.2. The van der Waals surface area contributed by atoms with Gasteiger partial charge in [-0.2, -0.15) is 0 Å². The number of ether oxygens (including phenoxy) is 1. The van der Waals surface area contributed by atoms with Crippen LogP contribution >= 0.6 is 11.6 Å². The SMILES string of the molecule is Cc1c(C(=O)OCC(=O)Nc2ccc(C(N)=O)cc2)oc2ccc(Cl)cc12. The molecule has 27 heavy (non-hydrogen) atoms. The molecule has 0 aliphatic rings. The zero-order chi connectivity index (χ0) is 19.6. The van der Waals surface area contributed by atoms with Gasteiger partial charge in [0.25, 0.3) is 5.91 Å². The second-order valence-electron chi connectivity index (χ2n) is 5.76. The van der Waals surface area contributed by atoms with Crippen molar-refractivity contribution < 1.29 is 23.5 Å². The van der Waals surface area contributed by atoms with Crippen molar-refractivity contribution in [2.75, 3.05) is 11.9 Å². The molecule has 3 rings (SSSR count). The quantitative estimate of drug-likeness (QED) is 0.653. The van der Waals surface area contributed by atoms with Crippen LogP contribution in [0.25, 0.3) is 11.0 Å². The Morgan fingerprint density at radius 2 is 1.85 bits per heavy atom. The minimum absolute atomic E-state index is 0.0193. The highest BCUT2D eigenvalue weighted by molar-refractivity contribution is 6.31. The lowest BCUT2D eigenvalue weighted by molar-refractivity contribution is -0.119. The van der Waals surface area contributed by atoms with Gasteiger partial charge in [-0.05, 0) is 49.4 Å². The number of fused-ring (bicyclic) bond motifs is 1. The van der Waals surface area contributed by atoms with Crippen LogP contribution < -0.4 is 11.1 Å². The van der Waals surface area contributed by atoms with Crippen LogP contribution in [0.3, 0.4) is 0 Å². The average molecular weight is 387 g/mol. The Balaban J connectivity index is 1.62. The van der Waals surface area contributed by atoms with E-state index < -0.39 is 24.4 Å². The lowest BCUT2D eigenvalue weighted by Gasteiger charge is -2.06. The van der Waals surface area contributed by atoms with Gasteiger partial charge in [0, 0.05) is 27.2 Å². The Morgan fingerprint density at radius 1 is 1.15 bits per heavy atom. The van der Waals surface area contributed by atoms with Crippen molar-refractivity contribution in [3.8, 4) is 0 Å². The first-order valence-electron chi connectivity index (χ1n) is 7.90.